The molecule has 0 spiro atoms. The number of aliphatic carboxylic acids is 1. The zero-order valence-corrected chi connectivity index (χ0v) is 14.2. The van der Waals surface area contributed by atoms with Crippen molar-refractivity contribution in [1.29, 1.82) is 0 Å². The van der Waals surface area contributed by atoms with Crippen molar-refractivity contribution < 1.29 is 20.9 Å². The monoisotopic (exact) mass is 363 g/mol. The van der Waals surface area contributed by atoms with Crippen molar-refractivity contribution in [3.05, 3.63) is 42.1 Å². The average molecular weight is 363 g/mol. The first-order valence-electron chi connectivity index (χ1n) is 12.3. The number of carboxylic acids is 1. The molecule has 1 aromatic carbocycles. The number of nitrogens with zero attached hydrogens (tertiary/aromatic N) is 4. The Balaban J connectivity index is 1.87. The highest BCUT2D eigenvalue weighted by atomic mass is 16.4. The molecule has 0 unspecified atom stereocenters. The van der Waals surface area contributed by atoms with Crippen molar-refractivity contribution in [1.82, 2.24) is 20.0 Å². The maximum absolute atomic E-state index is 11.4. The van der Waals surface area contributed by atoms with Crippen LogP contribution in [0.1, 0.15) is 23.1 Å². The molecule has 2 aliphatic rings. The number of benzene rings is 1. The Morgan fingerprint density at radius 3 is 2.65 bits per heavy atom. The number of piperazine rings is 1. The lowest BCUT2D eigenvalue weighted by atomic mass is 10.1. The topological polar surface area (TPSA) is 73.6 Å². The molecule has 2 N–H and O–H groups in total. The predicted octanol–water partition coefficient (Wildman–Crippen LogP) is 1.12. The van der Waals surface area contributed by atoms with Crippen molar-refractivity contribution in [2.24, 2.45) is 0 Å². The minimum atomic E-state index is -3.08. The van der Waals surface area contributed by atoms with Crippen LogP contribution in [-0.2, 0) is 4.79 Å². The van der Waals surface area contributed by atoms with Crippen molar-refractivity contribution in [2.45, 2.75) is 25.4 Å². The molecule has 2 saturated heterocycles. The highest BCUT2D eigenvalue weighted by Crippen LogP contribution is 2.24. The van der Waals surface area contributed by atoms with E-state index in [-0.39, 0.29) is 18.8 Å². The SMILES string of the molecule is [2H]C1([2H])N(c2cc(C)nn2-c2ccccc2)C([2H])([2H])C([2H])([2H])N([C@@H]2CN[C@H](C(=O)O)C2)C1([2H])[2H]. The van der Waals surface area contributed by atoms with Crippen LogP contribution in [0.3, 0.4) is 0 Å². The van der Waals surface area contributed by atoms with E-state index in [1.54, 1.807) is 37.3 Å². The molecule has 0 amide bonds. The van der Waals surface area contributed by atoms with Crippen LogP contribution in [0.2, 0.25) is 0 Å². The van der Waals surface area contributed by atoms with Gasteiger partial charge in [0.15, 0.2) is 0 Å². The Labute approximate surface area is 164 Å². The van der Waals surface area contributed by atoms with E-state index in [1.807, 2.05) is 0 Å². The van der Waals surface area contributed by atoms with E-state index < -0.39 is 44.0 Å². The third kappa shape index (κ3) is 3.32. The number of anilines is 1. The van der Waals surface area contributed by atoms with E-state index in [0.717, 1.165) is 0 Å². The first-order valence-corrected chi connectivity index (χ1v) is 8.32. The molecule has 0 aliphatic carbocycles. The Morgan fingerprint density at radius 2 is 2.00 bits per heavy atom. The molecule has 3 heterocycles. The van der Waals surface area contributed by atoms with Crippen molar-refractivity contribution in [3.63, 3.8) is 0 Å². The highest BCUT2D eigenvalue weighted by molar-refractivity contribution is 5.74. The second kappa shape index (κ2) is 7.09. The van der Waals surface area contributed by atoms with E-state index in [4.69, 9.17) is 11.0 Å². The van der Waals surface area contributed by atoms with Crippen LogP contribution >= 0.6 is 0 Å². The quantitative estimate of drug-likeness (QED) is 0.848. The van der Waals surface area contributed by atoms with Crippen molar-refractivity contribution >= 4 is 11.8 Å². The van der Waals surface area contributed by atoms with Crippen molar-refractivity contribution in [3.8, 4) is 5.69 Å². The Bertz CT molecular complexity index is 1070. The van der Waals surface area contributed by atoms with Crippen LogP contribution in [-0.4, -0.2) is 70.4 Å². The summed E-state index contributed by atoms with van der Waals surface area (Å²) in [6.07, 6.45) is -0.207. The van der Waals surface area contributed by atoms with Crippen LogP contribution in [0.15, 0.2) is 36.4 Å². The molecule has 0 bridgehead atoms. The molecule has 7 heteroatoms. The molecule has 138 valence electrons. The fraction of sp³-hybridized carbons (Fsp3) is 0.474. The maximum Gasteiger partial charge on any atom is 0.320 e. The summed E-state index contributed by atoms with van der Waals surface area (Å²) in [5.74, 6) is -1.35. The lowest BCUT2D eigenvalue weighted by Gasteiger charge is -2.38. The molecule has 2 fully saturated rings. The predicted molar refractivity (Wildman–Crippen MR) is 99.9 cm³/mol. The maximum atomic E-state index is 11.4. The van der Waals surface area contributed by atoms with Crippen molar-refractivity contribution in [2.75, 3.05) is 37.4 Å². The molecule has 2 aromatic rings. The molecule has 7 nitrogen and oxygen atoms in total. The highest BCUT2D eigenvalue weighted by Gasteiger charge is 2.34. The van der Waals surface area contributed by atoms with Gasteiger partial charge in [-0.2, -0.15) is 5.10 Å². The Kier molecular flexibility index (Phi) is 2.75. The van der Waals surface area contributed by atoms with Gasteiger partial charge in [-0.1, -0.05) is 18.2 Å². The molecule has 26 heavy (non-hydrogen) atoms. The number of para-hydroxylation sites is 1. The van der Waals surface area contributed by atoms with Crippen LogP contribution in [0.4, 0.5) is 5.82 Å². The molecular formula is C19H25N5O2. The van der Waals surface area contributed by atoms with Gasteiger partial charge in [0, 0.05) is 50.1 Å². The van der Waals surface area contributed by atoms with Gasteiger partial charge < -0.3 is 15.3 Å². The fourth-order valence-corrected chi connectivity index (χ4v) is 3.07. The van der Waals surface area contributed by atoms with E-state index in [0.29, 0.717) is 21.2 Å². The summed E-state index contributed by atoms with van der Waals surface area (Å²) >= 11 is 0. The normalized spacial score (nSPS) is 36.4. The first-order chi connectivity index (χ1) is 15.6. The molecule has 4 rings (SSSR count). The molecule has 1 aromatic heterocycles. The molecule has 2 atom stereocenters. The number of carboxylic acid groups (broad SMARTS) is 1. The zero-order chi connectivity index (χ0) is 25.3. The molecule has 0 radical (unpaired) electrons. The molecular weight excluding hydrogens is 330 g/mol. The largest absolute Gasteiger partial charge is 0.480 e. The number of hydrogen-bond acceptors (Lipinski definition) is 5. The van der Waals surface area contributed by atoms with Crippen LogP contribution < -0.4 is 10.2 Å². The molecule has 0 saturated carbocycles. The number of rotatable bonds is 4. The van der Waals surface area contributed by atoms with Gasteiger partial charge in [0.25, 0.3) is 0 Å². The van der Waals surface area contributed by atoms with Gasteiger partial charge in [0.05, 0.1) is 16.9 Å². The van der Waals surface area contributed by atoms with Gasteiger partial charge in [-0.25, -0.2) is 4.68 Å². The summed E-state index contributed by atoms with van der Waals surface area (Å²) < 4.78 is 71.0. The number of carbonyl (C=O) groups is 1. The summed E-state index contributed by atoms with van der Waals surface area (Å²) in [6, 6.07) is 7.71. The van der Waals surface area contributed by atoms with Crippen LogP contribution in [0.25, 0.3) is 5.69 Å². The summed E-state index contributed by atoms with van der Waals surface area (Å²) in [6.45, 7) is -10.8. The second-order valence-corrected chi connectivity index (χ2v) is 6.23. The van der Waals surface area contributed by atoms with E-state index >= 15 is 0 Å². The van der Waals surface area contributed by atoms with Gasteiger partial charge in [-0.3, -0.25) is 9.69 Å². The number of aryl methyl sites for hydroxylation is 1. The second-order valence-electron chi connectivity index (χ2n) is 6.23. The minimum Gasteiger partial charge on any atom is -0.480 e. The number of nitrogens with one attached hydrogen (secondary N) is 1. The average Bonchev–Trinajstić information content (AvgIpc) is 3.34. The standard InChI is InChI=1S/C19H25N5O2/c1-14-11-18(24(21-14)15-5-3-2-4-6-15)23-9-7-22(8-10-23)16-12-17(19(25)26)20-13-16/h2-6,11,16-17,20H,7-10,12-13H2,1H3,(H,25,26)/t16-,17-/m0/s1/i7D2,8D2,9D2,10D2. The molecule has 2 aliphatic heterocycles. The van der Waals surface area contributed by atoms with E-state index in [1.165, 1.54) is 10.7 Å². The Morgan fingerprint density at radius 1 is 1.27 bits per heavy atom. The Hall–Kier alpha value is -2.38. The fourth-order valence-electron chi connectivity index (χ4n) is 3.07. The number of aromatic nitrogens is 2. The van der Waals surface area contributed by atoms with Gasteiger partial charge in [-0.05, 0) is 25.5 Å². The third-order valence-corrected chi connectivity index (χ3v) is 4.38. The summed E-state index contributed by atoms with van der Waals surface area (Å²) in [5, 5.41) is 16.3. The van der Waals surface area contributed by atoms with E-state index in [9.17, 15) is 9.90 Å². The minimum absolute atomic E-state index is 0.136. The van der Waals surface area contributed by atoms with Gasteiger partial charge in [-0.15, -0.1) is 0 Å². The summed E-state index contributed by atoms with van der Waals surface area (Å²) in [5.41, 5.74) is 0.864. The van der Waals surface area contributed by atoms with Crippen LogP contribution in [0.5, 0.6) is 0 Å². The number of hydrogen-bond donors (Lipinski definition) is 2. The zero-order valence-electron chi connectivity index (χ0n) is 22.2. The van der Waals surface area contributed by atoms with E-state index in [2.05, 4.69) is 10.4 Å². The lowest BCUT2D eigenvalue weighted by Crippen LogP contribution is -2.51. The lowest BCUT2D eigenvalue weighted by molar-refractivity contribution is -0.139. The smallest absolute Gasteiger partial charge is 0.320 e. The van der Waals surface area contributed by atoms with Gasteiger partial charge in [0.1, 0.15) is 11.9 Å². The van der Waals surface area contributed by atoms with Crippen LogP contribution in [0, 0.1) is 6.92 Å². The summed E-state index contributed by atoms with van der Waals surface area (Å²) in [7, 11) is 0. The third-order valence-electron chi connectivity index (χ3n) is 4.38. The summed E-state index contributed by atoms with van der Waals surface area (Å²) in [4.78, 5) is 12.4. The first kappa shape index (κ1) is 10.1. The van der Waals surface area contributed by atoms with Gasteiger partial charge in [0.2, 0.25) is 0 Å². The van der Waals surface area contributed by atoms with Gasteiger partial charge >= 0.3 is 5.97 Å².